The Morgan fingerprint density at radius 2 is 1.46 bits per heavy atom. The summed E-state index contributed by atoms with van der Waals surface area (Å²) < 4.78 is 0. The highest BCUT2D eigenvalue weighted by Gasteiger charge is 2.32. The highest BCUT2D eigenvalue weighted by Crippen LogP contribution is 2.21. The van der Waals surface area contributed by atoms with Gasteiger partial charge in [-0.2, -0.15) is 0 Å². The second kappa shape index (κ2) is 12.6. The maximum Gasteiger partial charge on any atom is 0.243 e. The highest BCUT2D eigenvalue weighted by molar-refractivity contribution is 6.30. The van der Waals surface area contributed by atoms with Crippen LogP contribution in [-0.4, -0.2) is 28.8 Å². The van der Waals surface area contributed by atoms with Gasteiger partial charge < -0.3 is 10.2 Å². The topological polar surface area (TPSA) is 49.4 Å². The van der Waals surface area contributed by atoms with E-state index in [2.05, 4.69) is 5.32 Å². The van der Waals surface area contributed by atoms with Crippen LogP contribution in [-0.2, 0) is 29.0 Å². The lowest BCUT2D eigenvalue weighted by atomic mass is 9.94. The Labute approximate surface area is 213 Å². The normalized spacial score (nSPS) is 14.8. The van der Waals surface area contributed by atoms with Gasteiger partial charge in [0.25, 0.3) is 0 Å². The Kier molecular flexibility index (Phi) is 8.96. The van der Waals surface area contributed by atoms with Crippen LogP contribution >= 0.6 is 11.6 Å². The molecule has 1 fully saturated rings. The molecule has 0 bridgehead atoms. The summed E-state index contributed by atoms with van der Waals surface area (Å²) >= 11 is 6.26. The van der Waals surface area contributed by atoms with Gasteiger partial charge in [0, 0.05) is 24.0 Å². The van der Waals surface area contributed by atoms with Crippen LogP contribution in [0.3, 0.4) is 0 Å². The first-order chi connectivity index (χ1) is 17.1. The first kappa shape index (κ1) is 25.0. The first-order valence-electron chi connectivity index (χ1n) is 12.5. The molecule has 0 saturated heterocycles. The van der Waals surface area contributed by atoms with Crippen LogP contribution in [0.5, 0.6) is 0 Å². The Balaban J connectivity index is 1.64. The van der Waals surface area contributed by atoms with Gasteiger partial charge in [0.15, 0.2) is 0 Å². The molecule has 0 unspecified atom stereocenters. The molecule has 4 nitrogen and oxygen atoms in total. The van der Waals surface area contributed by atoms with E-state index in [-0.39, 0.29) is 24.3 Å². The van der Waals surface area contributed by atoms with Crippen molar-refractivity contribution in [2.75, 3.05) is 0 Å². The maximum atomic E-state index is 13.7. The molecule has 3 aromatic carbocycles. The number of rotatable bonds is 9. The molecule has 1 N–H and O–H groups in total. The molecule has 0 aliphatic heterocycles. The Morgan fingerprint density at radius 3 is 2.11 bits per heavy atom. The van der Waals surface area contributed by atoms with Crippen molar-refractivity contribution in [3.05, 3.63) is 107 Å². The van der Waals surface area contributed by atoms with Crippen molar-refractivity contribution in [1.82, 2.24) is 10.2 Å². The molecule has 182 valence electrons. The lowest BCUT2D eigenvalue weighted by Gasteiger charge is -2.33. The van der Waals surface area contributed by atoms with Gasteiger partial charge in [0.05, 0.1) is 6.42 Å². The van der Waals surface area contributed by atoms with E-state index in [0.29, 0.717) is 18.0 Å². The van der Waals surface area contributed by atoms with Crippen molar-refractivity contribution >= 4 is 23.4 Å². The molecule has 1 saturated carbocycles. The fraction of sp³-hybridized carbons (Fsp3) is 0.333. The van der Waals surface area contributed by atoms with Crippen LogP contribution in [0.1, 0.15) is 48.8 Å². The zero-order valence-electron chi connectivity index (χ0n) is 20.0. The maximum absolute atomic E-state index is 13.7. The van der Waals surface area contributed by atoms with E-state index >= 15 is 0 Å². The summed E-state index contributed by atoms with van der Waals surface area (Å²) in [7, 11) is 0. The lowest BCUT2D eigenvalue weighted by Crippen LogP contribution is -2.53. The number of hydrogen-bond donors (Lipinski definition) is 1. The smallest absolute Gasteiger partial charge is 0.243 e. The zero-order chi connectivity index (χ0) is 24.5. The van der Waals surface area contributed by atoms with Gasteiger partial charge in [0.2, 0.25) is 11.8 Å². The number of nitrogens with one attached hydrogen (secondary N) is 1. The third kappa shape index (κ3) is 7.43. The number of nitrogens with zero attached hydrogens (tertiary/aromatic N) is 1. The molecule has 3 aromatic rings. The fourth-order valence-corrected chi connectivity index (χ4v) is 5.02. The summed E-state index contributed by atoms with van der Waals surface area (Å²) in [5, 5.41) is 3.89. The summed E-state index contributed by atoms with van der Waals surface area (Å²) in [6.45, 7) is 0.321. The van der Waals surface area contributed by atoms with Gasteiger partial charge in [-0.25, -0.2) is 0 Å². The molecular weight excluding hydrogens is 456 g/mol. The monoisotopic (exact) mass is 488 g/mol. The van der Waals surface area contributed by atoms with Crippen LogP contribution in [0.2, 0.25) is 5.02 Å². The van der Waals surface area contributed by atoms with Crippen LogP contribution in [0.4, 0.5) is 0 Å². The third-order valence-electron chi connectivity index (χ3n) is 6.66. The summed E-state index contributed by atoms with van der Waals surface area (Å²) in [5.74, 6) is -0.153. The average molecular weight is 489 g/mol. The van der Waals surface area contributed by atoms with E-state index in [1.165, 1.54) is 6.42 Å². The summed E-state index contributed by atoms with van der Waals surface area (Å²) in [4.78, 5) is 29.2. The van der Waals surface area contributed by atoms with Crippen molar-refractivity contribution in [2.45, 2.75) is 63.6 Å². The number of carbonyl (C=O) groups is 2. The standard InChI is InChI=1S/C30H33ClN2O2/c31-26-16-10-15-25(19-26)22-33(29(34)21-24-13-6-2-7-14-24)28(20-23-11-4-1-5-12-23)30(35)32-27-17-8-3-9-18-27/h1-2,4-7,10-16,19,27-28H,3,8-9,17-18,20-22H2,(H,32,35)/t28-/m1/s1. The van der Waals surface area contributed by atoms with Gasteiger partial charge in [-0.05, 0) is 41.7 Å². The summed E-state index contributed by atoms with van der Waals surface area (Å²) in [5.41, 5.74) is 2.86. The van der Waals surface area contributed by atoms with E-state index in [1.54, 1.807) is 4.90 Å². The van der Waals surface area contributed by atoms with Crippen molar-refractivity contribution < 1.29 is 9.59 Å². The molecule has 0 aromatic heterocycles. The van der Waals surface area contributed by atoms with Crippen LogP contribution in [0.15, 0.2) is 84.9 Å². The molecule has 0 spiro atoms. The second-order valence-corrected chi connectivity index (χ2v) is 9.80. The van der Waals surface area contributed by atoms with E-state index in [9.17, 15) is 9.59 Å². The number of benzene rings is 3. The minimum absolute atomic E-state index is 0.0732. The number of amides is 2. The van der Waals surface area contributed by atoms with Crippen molar-refractivity contribution in [2.24, 2.45) is 0 Å². The number of hydrogen-bond acceptors (Lipinski definition) is 2. The van der Waals surface area contributed by atoms with Crippen LogP contribution in [0.25, 0.3) is 0 Å². The second-order valence-electron chi connectivity index (χ2n) is 9.36. The van der Waals surface area contributed by atoms with Crippen molar-refractivity contribution in [1.29, 1.82) is 0 Å². The summed E-state index contributed by atoms with van der Waals surface area (Å²) in [6.07, 6.45) is 6.17. The average Bonchev–Trinajstić information content (AvgIpc) is 2.88. The van der Waals surface area contributed by atoms with E-state index in [1.807, 2.05) is 84.9 Å². The van der Waals surface area contributed by atoms with Crippen molar-refractivity contribution in [3.8, 4) is 0 Å². The fourth-order valence-electron chi connectivity index (χ4n) is 4.80. The van der Waals surface area contributed by atoms with Gasteiger partial charge in [0.1, 0.15) is 6.04 Å². The molecule has 35 heavy (non-hydrogen) atoms. The molecule has 2 amide bonds. The first-order valence-corrected chi connectivity index (χ1v) is 12.9. The van der Waals surface area contributed by atoms with E-state index in [4.69, 9.17) is 11.6 Å². The lowest BCUT2D eigenvalue weighted by molar-refractivity contribution is -0.141. The molecule has 1 atom stereocenters. The van der Waals surface area contributed by atoms with Gasteiger partial charge in [-0.1, -0.05) is 104 Å². The number of halogens is 1. The predicted octanol–water partition coefficient (Wildman–Crippen LogP) is 5.97. The molecule has 4 rings (SSSR count). The Hall–Kier alpha value is -3.11. The Morgan fingerprint density at radius 1 is 0.829 bits per heavy atom. The molecule has 0 heterocycles. The minimum Gasteiger partial charge on any atom is -0.352 e. The predicted molar refractivity (Wildman–Crippen MR) is 141 cm³/mol. The molecule has 5 heteroatoms. The van der Waals surface area contributed by atoms with Gasteiger partial charge >= 0.3 is 0 Å². The zero-order valence-corrected chi connectivity index (χ0v) is 20.8. The number of carbonyl (C=O) groups excluding carboxylic acids is 2. The van der Waals surface area contributed by atoms with Crippen LogP contribution in [0, 0.1) is 0 Å². The quantitative estimate of drug-likeness (QED) is 0.403. The third-order valence-corrected chi connectivity index (χ3v) is 6.90. The van der Waals surface area contributed by atoms with E-state index < -0.39 is 6.04 Å². The SMILES string of the molecule is O=C(NC1CCCCC1)[C@@H](Cc1ccccc1)N(Cc1cccc(Cl)c1)C(=O)Cc1ccccc1. The minimum atomic E-state index is -0.616. The van der Waals surface area contributed by atoms with E-state index in [0.717, 1.165) is 42.4 Å². The molecule has 0 radical (unpaired) electrons. The summed E-state index contributed by atoms with van der Waals surface area (Å²) in [6, 6.07) is 26.7. The molecule has 1 aliphatic carbocycles. The Bertz CT molecular complexity index is 1100. The van der Waals surface area contributed by atoms with Gasteiger partial charge in [-0.15, -0.1) is 0 Å². The van der Waals surface area contributed by atoms with Crippen molar-refractivity contribution in [3.63, 3.8) is 0 Å². The highest BCUT2D eigenvalue weighted by atomic mass is 35.5. The largest absolute Gasteiger partial charge is 0.352 e. The van der Waals surface area contributed by atoms with Crippen LogP contribution < -0.4 is 5.32 Å². The van der Waals surface area contributed by atoms with Gasteiger partial charge in [-0.3, -0.25) is 9.59 Å². The molecular formula is C30H33ClN2O2. The molecule has 1 aliphatic rings.